The van der Waals surface area contributed by atoms with Gasteiger partial charge in [0.25, 0.3) is 5.91 Å². The van der Waals surface area contributed by atoms with Crippen molar-refractivity contribution in [2.75, 3.05) is 38.7 Å². The molecule has 2 aromatic rings. The number of halogens is 2. The Morgan fingerprint density at radius 1 is 1.03 bits per heavy atom. The van der Waals surface area contributed by atoms with Crippen LogP contribution < -0.4 is 10.6 Å². The molecule has 9 heteroatoms. The number of nitrogens with zero attached hydrogens (tertiary/aromatic N) is 1. The summed E-state index contributed by atoms with van der Waals surface area (Å²) < 4.78 is 5.02. The third-order valence-corrected chi connectivity index (χ3v) is 4.68. The summed E-state index contributed by atoms with van der Waals surface area (Å²) in [6.07, 6.45) is 0. The van der Waals surface area contributed by atoms with Crippen molar-refractivity contribution in [3.8, 4) is 0 Å². The number of amides is 3. The van der Waals surface area contributed by atoms with Gasteiger partial charge in [0.2, 0.25) is 11.8 Å². The molecule has 0 heterocycles. The lowest BCUT2D eigenvalue weighted by molar-refractivity contribution is -0.124. The summed E-state index contributed by atoms with van der Waals surface area (Å²) in [5.41, 5.74) is 1.93. The average molecular weight is 452 g/mol. The molecule has 160 valence electrons. The van der Waals surface area contributed by atoms with Crippen molar-refractivity contribution in [2.45, 2.75) is 6.92 Å². The van der Waals surface area contributed by atoms with Crippen molar-refractivity contribution in [3.63, 3.8) is 0 Å². The summed E-state index contributed by atoms with van der Waals surface area (Å²) in [6, 6.07) is 11.8. The number of nitrogens with one attached hydrogen (secondary N) is 2. The molecule has 0 atom stereocenters. The fourth-order valence-corrected chi connectivity index (χ4v) is 3.03. The van der Waals surface area contributed by atoms with Gasteiger partial charge in [0.15, 0.2) is 0 Å². The van der Waals surface area contributed by atoms with Crippen LogP contribution in [0.3, 0.4) is 0 Å². The van der Waals surface area contributed by atoms with Crippen LogP contribution >= 0.6 is 23.2 Å². The van der Waals surface area contributed by atoms with Crippen LogP contribution in [0.25, 0.3) is 0 Å². The van der Waals surface area contributed by atoms with Crippen LogP contribution in [-0.4, -0.2) is 56.0 Å². The molecule has 0 bridgehead atoms. The standard InChI is InChI=1S/C21H23Cl2N3O4/c1-14-3-6-16(7-4-14)25-19(27)12-24-20(28)13-26(9-10-30-2)21(29)17-8-5-15(22)11-18(17)23/h3-8,11H,9-10,12-13H2,1-2H3,(H,24,28)(H,25,27). The maximum Gasteiger partial charge on any atom is 0.255 e. The number of carbonyl (C=O) groups is 3. The molecule has 3 amide bonds. The van der Waals surface area contributed by atoms with Crippen molar-refractivity contribution in [3.05, 3.63) is 63.6 Å². The molecule has 0 aliphatic carbocycles. The first-order valence-corrected chi connectivity index (χ1v) is 9.92. The van der Waals surface area contributed by atoms with Crippen molar-refractivity contribution in [1.82, 2.24) is 10.2 Å². The number of aryl methyl sites for hydroxylation is 1. The van der Waals surface area contributed by atoms with E-state index in [4.69, 9.17) is 27.9 Å². The average Bonchev–Trinajstić information content (AvgIpc) is 2.71. The Balaban J connectivity index is 1.94. The SMILES string of the molecule is COCCN(CC(=O)NCC(=O)Nc1ccc(C)cc1)C(=O)c1ccc(Cl)cc1Cl. The Morgan fingerprint density at radius 3 is 2.37 bits per heavy atom. The van der Waals surface area contributed by atoms with Crippen LogP contribution in [0.1, 0.15) is 15.9 Å². The lowest BCUT2D eigenvalue weighted by atomic mass is 10.2. The monoisotopic (exact) mass is 451 g/mol. The van der Waals surface area contributed by atoms with E-state index in [1.807, 2.05) is 19.1 Å². The van der Waals surface area contributed by atoms with Crippen molar-refractivity contribution in [2.24, 2.45) is 0 Å². The minimum Gasteiger partial charge on any atom is -0.383 e. The van der Waals surface area contributed by atoms with Gasteiger partial charge in [-0.15, -0.1) is 0 Å². The molecular formula is C21H23Cl2N3O4. The van der Waals surface area contributed by atoms with Crippen molar-refractivity contribution in [1.29, 1.82) is 0 Å². The minimum atomic E-state index is -0.483. The molecular weight excluding hydrogens is 429 g/mol. The van der Waals surface area contributed by atoms with Gasteiger partial charge in [0, 0.05) is 24.4 Å². The summed E-state index contributed by atoms with van der Waals surface area (Å²) in [5.74, 6) is -1.29. The van der Waals surface area contributed by atoms with E-state index in [1.54, 1.807) is 18.2 Å². The second kappa shape index (κ2) is 11.5. The molecule has 2 aromatic carbocycles. The van der Waals surface area contributed by atoms with Crippen LogP contribution in [-0.2, 0) is 14.3 Å². The van der Waals surface area contributed by atoms with Crippen molar-refractivity contribution < 1.29 is 19.1 Å². The highest BCUT2D eigenvalue weighted by Crippen LogP contribution is 2.22. The zero-order valence-corrected chi connectivity index (χ0v) is 18.2. The largest absolute Gasteiger partial charge is 0.383 e. The Labute approximate surface area is 185 Å². The molecule has 0 saturated carbocycles. The fourth-order valence-electron chi connectivity index (χ4n) is 2.54. The maximum absolute atomic E-state index is 12.8. The number of anilines is 1. The summed E-state index contributed by atoms with van der Waals surface area (Å²) >= 11 is 12.0. The molecule has 2 N–H and O–H groups in total. The zero-order valence-electron chi connectivity index (χ0n) is 16.7. The molecule has 7 nitrogen and oxygen atoms in total. The number of hydrogen-bond donors (Lipinski definition) is 2. The van der Waals surface area contributed by atoms with Crippen LogP contribution in [0.4, 0.5) is 5.69 Å². The maximum atomic E-state index is 12.8. The number of rotatable bonds is 9. The van der Waals surface area contributed by atoms with E-state index in [1.165, 1.54) is 24.1 Å². The van der Waals surface area contributed by atoms with E-state index < -0.39 is 11.8 Å². The molecule has 0 aromatic heterocycles. The van der Waals surface area contributed by atoms with Gasteiger partial charge in [-0.1, -0.05) is 40.9 Å². The smallest absolute Gasteiger partial charge is 0.255 e. The molecule has 0 spiro atoms. The molecule has 0 radical (unpaired) electrons. The number of benzene rings is 2. The Morgan fingerprint density at radius 2 is 1.73 bits per heavy atom. The topological polar surface area (TPSA) is 87.7 Å². The minimum absolute atomic E-state index is 0.178. The van der Waals surface area contributed by atoms with E-state index >= 15 is 0 Å². The van der Waals surface area contributed by atoms with E-state index in [9.17, 15) is 14.4 Å². The first kappa shape index (κ1) is 23.7. The van der Waals surface area contributed by atoms with Gasteiger partial charge in [-0.25, -0.2) is 0 Å². The van der Waals surface area contributed by atoms with Crippen LogP contribution in [0, 0.1) is 6.92 Å². The second-order valence-corrected chi connectivity index (χ2v) is 7.38. The quantitative estimate of drug-likeness (QED) is 0.612. The number of hydrogen-bond acceptors (Lipinski definition) is 4. The normalized spacial score (nSPS) is 10.4. The first-order valence-electron chi connectivity index (χ1n) is 9.16. The lowest BCUT2D eigenvalue weighted by Crippen LogP contribution is -2.44. The summed E-state index contributed by atoms with van der Waals surface area (Å²) in [7, 11) is 1.49. The summed E-state index contributed by atoms with van der Waals surface area (Å²) in [6.45, 7) is 1.88. The predicted octanol–water partition coefficient (Wildman–Crippen LogP) is 3.15. The number of methoxy groups -OCH3 is 1. The molecule has 0 unspecified atom stereocenters. The molecule has 0 saturated heterocycles. The summed E-state index contributed by atoms with van der Waals surface area (Å²) in [4.78, 5) is 38.5. The molecule has 2 rings (SSSR count). The Bertz CT molecular complexity index is 904. The molecule has 30 heavy (non-hydrogen) atoms. The van der Waals surface area contributed by atoms with E-state index in [2.05, 4.69) is 10.6 Å². The highest BCUT2D eigenvalue weighted by molar-refractivity contribution is 6.36. The Kier molecular flexibility index (Phi) is 9.11. The fraction of sp³-hybridized carbons (Fsp3) is 0.286. The van der Waals surface area contributed by atoms with E-state index in [-0.39, 0.29) is 42.7 Å². The lowest BCUT2D eigenvalue weighted by Gasteiger charge is -2.22. The van der Waals surface area contributed by atoms with Gasteiger partial charge in [-0.05, 0) is 37.3 Å². The van der Waals surface area contributed by atoms with Gasteiger partial charge >= 0.3 is 0 Å². The van der Waals surface area contributed by atoms with Gasteiger partial charge in [-0.3, -0.25) is 14.4 Å². The Hall–Kier alpha value is -2.61. The highest BCUT2D eigenvalue weighted by atomic mass is 35.5. The van der Waals surface area contributed by atoms with Crippen molar-refractivity contribution >= 4 is 46.6 Å². The third-order valence-electron chi connectivity index (χ3n) is 4.13. The molecule has 0 aliphatic rings. The molecule has 0 fully saturated rings. The second-order valence-electron chi connectivity index (χ2n) is 6.53. The van der Waals surface area contributed by atoms with Crippen LogP contribution in [0.5, 0.6) is 0 Å². The predicted molar refractivity (Wildman–Crippen MR) is 117 cm³/mol. The first-order chi connectivity index (χ1) is 14.3. The van der Waals surface area contributed by atoms with Crippen LogP contribution in [0.2, 0.25) is 10.0 Å². The van der Waals surface area contributed by atoms with Gasteiger partial charge in [-0.2, -0.15) is 0 Å². The van der Waals surface area contributed by atoms with E-state index in [0.717, 1.165) is 5.56 Å². The van der Waals surface area contributed by atoms with Gasteiger partial charge in [0.1, 0.15) is 0 Å². The van der Waals surface area contributed by atoms with Gasteiger partial charge in [0.05, 0.1) is 30.3 Å². The van der Waals surface area contributed by atoms with E-state index in [0.29, 0.717) is 10.7 Å². The zero-order chi connectivity index (χ0) is 22.1. The summed E-state index contributed by atoms with van der Waals surface area (Å²) in [5, 5.41) is 5.79. The molecule has 0 aliphatic heterocycles. The van der Waals surface area contributed by atoms with Crippen LogP contribution in [0.15, 0.2) is 42.5 Å². The number of carbonyl (C=O) groups excluding carboxylic acids is 3. The third kappa shape index (κ3) is 7.33. The highest BCUT2D eigenvalue weighted by Gasteiger charge is 2.21. The number of ether oxygens (including phenoxy) is 1. The van der Waals surface area contributed by atoms with Gasteiger partial charge < -0.3 is 20.3 Å².